The van der Waals surface area contributed by atoms with Crippen LogP contribution in [0.2, 0.25) is 0 Å². The molecule has 158 valence electrons. The molecular formula is C25H23N7. The van der Waals surface area contributed by atoms with Crippen molar-refractivity contribution in [1.82, 2.24) is 29.9 Å². The average Bonchev–Trinajstić information content (AvgIpc) is 3.45. The van der Waals surface area contributed by atoms with Crippen molar-refractivity contribution < 1.29 is 0 Å². The topological polar surface area (TPSA) is 89.3 Å². The first kappa shape index (κ1) is 18.6. The maximum absolute atomic E-state index is 4.81. The lowest BCUT2D eigenvalue weighted by Crippen LogP contribution is -2.17. The molecule has 0 aliphatic heterocycles. The minimum atomic E-state index is 0.637. The third kappa shape index (κ3) is 2.93. The number of aromatic amines is 3. The Hall–Kier alpha value is -4.13. The summed E-state index contributed by atoms with van der Waals surface area (Å²) in [6.45, 7) is 6.60. The van der Waals surface area contributed by atoms with E-state index in [1.54, 1.807) is 0 Å². The van der Waals surface area contributed by atoms with E-state index in [9.17, 15) is 0 Å². The second kappa shape index (κ2) is 6.95. The van der Waals surface area contributed by atoms with Gasteiger partial charge in [-0.15, -0.1) is 0 Å². The standard InChI is InChI=1S/C25H23N7/c1-14-26-18-8-4-7-17(23(18)29-14)13-32(21-11-5-9-19-24(21)30-15(2)27-19)22-12-6-10-20-25(22)31-16(3)28-20/h4-12H,13H2,1-3H3,(H,26,29)(H,27,30)(H,28,31). The Balaban J connectivity index is 1.61. The van der Waals surface area contributed by atoms with Gasteiger partial charge in [0, 0.05) is 0 Å². The number of aromatic nitrogens is 6. The van der Waals surface area contributed by atoms with Crippen molar-refractivity contribution in [3.63, 3.8) is 0 Å². The molecule has 0 fully saturated rings. The largest absolute Gasteiger partial charge is 0.342 e. The number of hydrogen-bond acceptors (Lipinski definition) is 4. The number of rotatable bonds is 4. The molecule has 0 radical (unpaired) electrons. The van der Waals surface area contributed by atoms with Crippen LogP contribution in [0, 0.1) is 20.8 Å². The lowest BCUT2D eigenvalue weighted by molar-refractivity contribution is 0.986. The van der Waals surface area contributed by atoms with Gasteiger partial charge in [-0.3, -0.25) is 0 Å². The molecule has 0 atom stereocenters. The average molecular weight is 422 g/mol. The zero-order valence-corrected chi connectivity index (χ0v) is 18.2. The van der Waals surface area contributed by atoms with Crippen LogP contribution in [0.15, 0.2) is 54.6 Å². The third-order valence-electron chi connectivity index (χ3n) is 5.84. The molecule has 0 bridgehead atoms. The molecule has 7 nitrogen and oxygen atoms in total. The zero-order chi connectivity index (χ0) is 21.8. The zero-order valence-electron chi connectivity index (χ0n) is 18.2. The van der Waals surface area contributed by atoms with Crippen LogP contribution in [-0.2, 0) is 6.54 Å². The molecule has 7 heteroatoms. The maximum Gasteiger partial charge on any atom is 0.112 e. The van der Waals surface area contributed by atoms with Crippen molar-refractivity contribution in [3.05, 3.63) is 77.6 Å². The van der Waals surface area contributed by atoms with E-state index in [-0.39, 0.29) is 0 Å². The van der Waals surface area contributed by atoms with E-state index in [2.05, 4.69) is 74.4 Å². The van der Waals surface area contributed by atoms with Crippen LogP contribution in [0.3, 0.4) is 0 Å². The van der Waals surface area contributed by atoms with Gasteiger partial charge in [0.05, 0.1) is 40.0 Å². The molecule has 0 amide bonds. The SMILES string of the molecule is Cc1nc2c(CN(c3cccc4[nH]c(C)nc34)c3cccc4[nH]c(C)nc34)cccc2[nH]1. The molecule has 0 spiro atoms. The van der Waals surface area contributed by atoms with Gasteiger partial charge >= 0.3 is 0 Å². The van der Waals surface area contributed by atoms with E-state index >= 15 is 0 Å². The number of anilines is 2. The summed E-state index contributed by atoms with van der Waals surface area (Å²) in [4.78, 5) is 26.8. The summed E-state index contributed by atoms with van der Waals surface area (Å²) < 4.78 is 0. The van der Waals surface area contributed by atoms with Crippen molar-refractivity contribution >= 4 is 44.5 Å². The Labute approximate surface area is 184 Å². The predicted octanol–water partition coefficient (Wildman–Crippen LogP) is 5.58. The normalized spacial score (nSPS) is 11.7. The van der Waals surface area contributed by atoms with Crippen molar-refractivity contribution in [2.24, 2.45) is 0 Å². The van der Waals surface area contributed by atoms with Gasteiger partial charge in [-0.1, -0.05) is 24.3 Å². The number of para-hydroxylation sites is 3. The van der Waals surface area contributed by atoms with Gasteiger partial charge in [-0.25, -0.2) is 15.0 Å². The quantitative estimate of drug-likeness (QED) is 0.347. The van der Waals surface area contributed by atoms with Gasteiger partial charge in [-0.2, -0.15) is 0 Å². The van der Waals surface area contributed by atoms with Crippen molar-refractivity contribution in [3.8, 4) is 0 Å². The molecule has 0 aliphatic rings. The minimum absolute atomic E-state index is 0.637. The summed E-state index contributed by atoms with van der Waals surface area (Å²) in [7, 11) is 0. The molecule has 6 aromatic rings. The summed E-state index contributed by atoms with van der Waals surface area (Å²) >= 11 is 0. The number of imidazole rings is 3. The second-order valence-corrected chi connectivity index (χ2v) is 8.21. The molecule has 3 N–H and O–H groups in total. The van der Waals surface area contributed by atoms with Crippen LogP contribution < -0.4 is 4.90 Å². The molecule has 3 aromatic heterocycles. The molecule has 0 unspecified atom stereocenters. The van der Waals surface area contributed by atoms with Crippen molar-refractivity contribution in [1.29, 1.82) is 0 Å². The summed E-state index contributed by atoms with van der Waals surface area (Å²) in [5.41, 5.74) is 9.16. The number of fused-ring (bicyclic) bond motifs is 3. The van der Waals surface area contributed by atoms with Crippen molar-refractivity contribution in [2.45, 2.75) is 27.3 Å². The van der Waals surface area contributed by atoms with Crippen LogP contribution in [0.25, 0.3) is 33.1 Å². The van der Waals surface area contributed by atoms with Gasteiger partial charge in [-0.05, 0) is 56.7 Å². The summed E-state index contributed by atoms with van der Waals surface area (Å²) in [6, 6.07) is 18.8. The highest BCUT2D eigenvalue weighted by Gasteiger charge is 2.20. The number of nitrogens with zero attached hydrogens (tertiary/aromatic N) is 4. The van der Waals surface area contributed by atoms with Gasteiger partial charge in [0.1, 0.15) is 28.5 Å². The molecule has 0 saturated heterocycles. The predicted molar refractivity (Wildman–Crippen MR) is 128 cm³/mol. The molecule has 3 aromatic carbocycles. The fourth-order valence-electron chi connectivity index (χ4n) is 4.53. The number of nitrogens with one attached hydrogen (secondary N) is 3. The van der Waals surface area contributed by atoms with Crippen LogP contribution in [0.4, 0.5) is 11.4 Å². The smallest absolute Gasteiger partial charge is 0.112 e. The van der Waals surface area contributed by atoms with Crippen LogP contribution in [-0.4, -0.2) is 29.9 Å². The number of hydrogen-bond donors (Lipinski definition) is 3. The number of H-pyrrole nitrogens is 3. The molecule has 0 aliphatic carbocycles. The lowest BCUT2D eigenvalue weighted by Gasteiger charge is -2.26. The van der Waals surface area contributed by atoms with Crippen molar-refractivity contribution in [2.75, 3.05) is 4.90 Å². The first-order valence-corrected chi connectivity index (χ1v) is 10.7. The maximum atomic E-state index is 4.81. The Morgan fingerprint density at radius 2 is 1.03 bits per heavy atom. The summed E-state index contributed by atoms with van der Waals surface area (Å²) in [5, 5.41) is 0. The first-order chi connectivity index (χ1) is 15.6. The monoisotopic (exact) mass is 421 g/mol. The Morgan fingerprint density at radius 3 is 1.56 bits per heavy atom. The molecule has 32 heavy (non-hydrogen) atoms. The van der Waals surface area contributed by atoms with Gasteiger partial charge in [0.15, 0.2) is 0 Å². The Morgan fingerprint density at radius 1 is 0.594 bits per heavy atom. The molecule has 0 saturated carbocycles. The number of benzene rings is 3. The molecule has 3 heterocycles. The number of aryl methyl sites for hydroxylation is 3. The van der Waals surface area contributed by atoms with E-state index < -0.39 is 0 Å². The van der Waals surface area contributed by atoms with E-state index in [4.69, 9.17) is 15.0 Å². The molecule has 6 rings (SSSR count). The van der Waals surface area contributed by atoms with Crippen LogP contribution >= 0.6 is 0 Å². The highest BCUT2D eigenvalue weighted by atomic mass is 15.2. The fourth-order valence-corrected chi connectivity index (χ4v) is 4.53. The van der Waals surface area contributed by atoms with Gasteiger partial charge < -0.3 is 19.9 Å². The highest BCUT2D eigenvalue weighted by Crippen LogP contribution is 2.37. The second-order valence-electron chi connectivity index (χ2n) is 8.21. The first-order valence-electron chi connectivity index (χ1n) is 10.7. The summed E-state index contributed by atoms with van der Waals surface area (Å²) in [6.07, 6.45) is 0. The Kier molecular flexibility index (Phi) is 4.04. The third-order valence-corrected chi connectivity index (χ3v) is 5.84. The Bertz CT molecular complexity index is 1520. The van der Waals surface area contributed by atoms with Gasteiger partial charge in [0.25, 0.3) is 0 Å². The van der Waals surface area contributed by atoms with Gasteiger partial charge in [0.2, 0.25) is 0 Å². The van der Waals surface area contributed by atoms with E-state index in [1.165, 1.54) is 0 Å². The minimum Gasteiger partial charge on any atom is -0.342 e. The van der Waals surface area contributed by atoms with E-state index in [1.807, 2.05) is 20.8 Å². The molecular weight excluding hydrogens is 398 g/mol. The highest BCUT2D eigenvalue weighted by molar-refractivity contribution is 5.97. The lowest BCUT2D eigenvalue weighted by atomic mass is 10.1. The summed E-state index contributed by atoms with van der Waals surface area (Å²) in [5.74, 6) is 2.70. The van der Waals surface area contributed by atoms with Crippen LogP contribution in [0.5, 0.6) is 0 Å². The van der Waals surface area contributed by atoms with E-state index in [0.717, 1.165) is 67.5 Å². The van der Waals surface area contributed by atoms with Crippen LogP contribution in [0.1, 0.15) is 23.0 Å². The van der Waals surface area contributed by atoms with E-state index in [0.29, 0.717) is 6.54 Å². The fraction of sp³-hybridized carbons (Fsp3) is 0.160.